The van der Waals surface area contributed by atoms with Gasteiger partial charge < -0.3 is 10.1 Å². The maximum absolute atomic E-state index is 13.3. The SMILES string of the molecule is CC(C)[C@@H](NC(=O)C(c1ccccc1)c1ccccc1)C(=O)OCC(=O)c1ccccc1. The van der Waals surface area contributed by atoms with Crippen molar-refractivity contribution >= 4 is 17.7 Å². The molecule has 0 spiro atoms. The zero-order valence-electron chi connectivity index (χ0n) is 18.2. The molecule has 5 heteroatoms. The van der Waals surface area contributed by atoms with Crippen molar-refractivity contribution in [1.29, 1.82) is 0 Å². The lowest BCUT2D eigenvalue weighted by Gasteiger charge is -2.24. The number of carbonyl (C=O) groups excluding carboxylic acids is 3. The quantitative estimate of drug-likeness (QED) is 0.405. The Labute approximate surface area is 188 Å². The van der Waals surface area contributed by atoms with E-state index in [0.717, 1.165) is 11.1 Å². The van der Waals surface area contributed by atoms with E-state index in [1.807, 2.05) is 80.6 Å². The van der Waals surface area contributed by atoms with Crippen LogP contribution in [0.15, 0.2) is 91.0 Å². The molecule has 0 aliphatic rings. The van der Waals surface area contributed by atoms with E-state index in [1.54, 1.807) is 24.3 Å². The van der Waals surface area contributed by atoms with Crippen LogP contribution >= 0.6 is 0 Å². The van der Waals surface area contributed by atoms with E-state index in [4.69, 9.17) is 4.74 Å². The first kappa shape index (κ1) is 22.9. The van der Waals surface area contributed by atoms with Gasteiger partial charge in [-0.1, -0.05) is 105 Å². The molecule has 0 aromatic heterocycles. The van der Waals surface area contributed by atoms with Gasteiger partial charge in [-0.05, 0) is 17.0 Å². The van der Waals surface area contributed by atoms with Gasteiger partial charge in [-0.25, -0.2) is 4.79 Å². The van der Waals surface area contributed by atoms with Crippen LogP contribution in [0.5, 0.6) is 0 Å². The van der Waals surface area contributed by atoms with Gasteiger partial charge in [0.1, 0.15) is 6.04 Å². The average Bonchev–Trinajstić information content (AvgIpc) is 2.82. The molecule has 0 aliphatic heterocycles. The number of hydrogen-bond donors (Lipinski definition) is 1. The van der Waals surface area contributed by atoms with Gasteiger partial charge in [0.05, 0.1) is 5.92 Å². The van der Waals surface area contributed by atoms with E-state index in [-0.39, 0.29) is 24.2 Å². The molecule has 0 radical (unpaired) electrons. The lowest BCUT2D eigenvalue weighted by molar-refractivity contribution is -0.148. The van der Waals surface area contributed by atoms with Crippen LogP contribution in [-0.4, -0.2) is 30.3 Å². The van der Waals surface area contributed by atoms with Gasteiger partial charge in [0.2, 0.25) is 5.91 Å². The number of rotatable bonds is 9. The Bertz CT molecular complexity index is 994. The lowest BCUT2D eigenvalue weighted by Crippen LogP contribution is -2.47. The van der Waals surface area contributed by atoms with E-state index in [2.05, 4.69) is 5.32 Å². The number of amides is 1. The minimum Gasteiger partial charge on any atom is -0.456 e. The van der Waals surface area contributed by atoms with Gasteiger partial charge in [-0.2, -0.15) is 0 Å². The summed E-state index contributed by atoms with van der Waals surface area (Å²) in [5.74, 6) is -2.01. The summed E-state index contributed by atoms with van der Waals surface area (Å²) >= 11 is 0. The molecule has 5 nitrogen and oxygen atoms in total. The first-order chi connectivity index (χ1) is 15.5. The summed E-state index contributed by atoms with van der Waals surface area (Å²) in [7, 11) is 0. The zero-order chi connectivity index (χ0) is 22.9. The Morgan fingerprint density at radius 2 is 1.22 bits per heavy atom. The van der Waals surface area contributed by atoms with Crippen molar-refractivity contribution in [2.75, 3.05) is 6.61 Å². The summed E-state index contributed by atoms with van der Waals surface area (Å²) in [4.78, 5) is 38.4. The summed E-state index contributed by atoms with van der Waals surface area (Å²) in [6.07, 6.45) is 0. The second-order valence-electron chi connectivity index (χ2n) is 7.88. The number of nitrogens with one attached hydrogen (secondary N) is 1. The Hall–Kier alpha value is -3.73. The molecule has 0 saturated carbocycles. The van der Waals surface area contributed by atoms with Crippen molar-refractivity contribution in [3.05, 3.63) is 108 Å². The highest BCUT2D eigenvalue weighted by molar-refractivity contribution is 5.98. The lowest BCUT2D eigenvalue weighted by atomic mass is 9.90. The number of Topliss-reactive ketones (excluding diaryl/α,β-unsaturated/α-hetero) is 1. The van der Waals surface area contributed by atoms with Gasteiger partial charge in [-0.3, -0.25) is 9.59 Å². The van der Waals surface area contributed by atoms with Crippen LogP contribution in [0.25, 0.3) is 0 Å². The maximum atomic E-state index is 13.3. The molecule has 3 rings (SSSR count). The first-order valence-electron chi connectivity index (χ1n) is 10.6. The second-order valence-corrected chi connectivity index (χ2v) is 7.88. The Morgan fingerprint density at radius 1 is 0.750 bits per heavy atom. The summed E-state index contributed by atoms with van der Waals surface area (Å²) in [5.41, 5.74) is 2.12. The number of benzene rings is 3. The van der Waals surface area contributed by atoms with Crippen LogP contribution in [0.2, 0.25) is 0 Å². The Morgan fingerprint density at radius 3 is 1.69 bits per heavy atom. The standard InChI is InChI=1S/C27H27NO4/c1-19(2)25(27(31)32-18-23(29)20-12-6-3-7-13-20)28-26(30)24(21-14-8-4-9-15-21)22-16-10-5-11-17-22/h3-17,19,24-25H,18H2,1-2H3,(H,28,30)/t25-/m1/s1. The number of esters is 1. The monoisotopic (exact) mass is 429 g/mol. The van der Waals surface area contributed by atoms with Gasteiger partial charge in [-0.15, -0.1) is 0 Å². The molecule has 32 heavy (non-hydrogen) atoms. The third kappa shape index (κ3) is 5.91. The van der Waals surface area contributed by atoms with Gasteiger partial charge in [0, 0.05) is 5.56 Å². The summed E-state index contributed by atoms with van der Waals surface area (Å²) in [5, 5.41) is 2.85. The number of hydrogen-bond acceptors (Lipinski definition) is 4. The predicted octanol–water partition coefficient (Wildman–Crippen LogP) is 4.39. The summed E-state index contributed by atoms with van der Waals surface area (Å²) in [6, 6.07) is 26.6. The number of ketones is 1. The molecule has 164 valence electrons. The van der Waals surface area contributed by atoms with Crippen LogP contribution in [0.1, 0.15) is 41.3 Å². The summed E-state index contributed by atoms with van der Waals surface area (Å²) in [6.45, 7) is 3.28. The molecule has 1 N–H and O–H groups in total. The van der Waals surface area contributed by atoms with Crippen LogP contribution in [-0.2, 0) is 14.3 Å². The molecule has 1 amide bonds. The van der Waals surface area contributed by atoms with E-state index in [1.165, 1.54) is 0 Å². The molecule has 0 heterocycles. The molecule has 0 aliphatic carbocycles. The van der Waals surface area contributed by atoms with Gasteiger partial charge in [0.25, 0.3) is 0 Å². The third-order valence-corrected chi connectivity index (χ3v) is 5.19. The van der Waals surface area contributed by atoms with Gasteiger partial charge >= 0.3 is 5.97 Å². The molecule has 3 aromatic carbocycles. The number of ether oxygens (including phenoxy) is 1. The predicted molar refractivity (Wildman–Crippen MR) is 123 cm³/mol. The van der Waals surface area contributed by atoms with Crippen LogP contribution in [0.4, 0.5) is 0 Å². The highest BCUT2D eigenvalue weighted by atomic mass is 16.5. The molecule has 0 fully saturated rings. The molecule has 0 bridgehead atoms. The molecular formula is C27H27NO4. The molecular weight excluding hydrogens is 402 g/mol. The highest BCUT2D eigenvalue weighted by Gasteiger charge is 2.31. The fourth-order valence-electron chi connectivity index (χ4n) is 3.45. The number of carbonyl (C=O) groups is 3. The normalized spacial score (nSPS) is 11.8. The Balaban J connectivity index is 1.74. The maximum Gasteiger partial charge on any atom is 0.329 e. The van der Waals surface area contributed by atoms with Crippen molar-refractivity contribution in [2.45, 2.75) is 25.8 Å². The average molecular weight is 430 g/mol. The van der Waals surface area contributed by atoms with Crippen LogP contribution in [0, 0.1) is 5.92 Å². The molecule has 1 atom stereocenters. The minimum atomic E-state index is -0.874. The van der Waals surface area contributed by atoms with E-state index in [0.29, 0.717) is 5.56 Å². The van der Waals surface area contributed by atoms with Crippen molar-refractivity contribution in [3.8, 4) is 0 Å². The van der Waals surface area contributed by atoms with Crippen LogP contribution < -0.4 is 5.32 Å². The minimum absolute atomic E-state index is 0.217. The highest BCUT2D eigenvalue weighted by Crippen LogP contribution is 2.25. The van der Waals surface area contributed by atoms with Crippen molar-refractivity contribution in [1.82, 2.24) is 5.32 Å². The Kier molecular flexibility index (Phi) is 7.92. The van der Waals surface area contributed by atoms with E-state index < -0.39 is 17.9 Å². The van der Waals surface area contributed by atoms with E-state index in [9.17, 15) is 14.4 Å². The van der Waals surface area contributed by atoms with E-state index >= 15 is 0 Å². The van der Waals surface area contributed by atoms with Gasteiger partial charge in [0.15, 0.2) is 12.4 Å². The van der Waals surface area contributed by atoms with Crippen molar-refractivity contribution in [2.24, 2.45) is 5.92 Å². The van der Waals surface area contributed by atoms with Crippen LogP contribution in [0.3, 0.4) is 0 Å². The zero-order valence-corrected chi connectivity index (χ0v) is 18.2. The third-order valence-electron chi connectivity index (χ3n) is 5.19. The topological polar surface area (TPSA) is 72.5 Å². The summed E-state index contributed by atoms with van der Waals surface area (Å²) < 4.78 is 5.27. The first-order valence-corrected chi connectivity index (χ1v) is 10.6. The molecule has 0 saturated heterocycles. The fraction of sp³-hybridized carbons (Fsp3) is 0.222. The van der Waals surface area contributed by atoms with Crippen molar-refractivity contribution < 1.29 is 19.1 Å². The largest absolute Gasteiger partial charge is 0.456 e. The fourth-order valence-corrected chi connectivity index (χ4v) is 3.45. The van der Waals surface area contributed by atoms with Crippen molar-refractivity contribution in [3.63, 3.8) is 0 Å². The smallest absolute Gasteiger partial charge is 0.329 e. The molecule has 3 aromatic rings. The second kappa shape index (κ2) is 11.0. The molecule has 0 unspecified atom stereocenters.